The van der Waals surface area contributed by atoms with Crippen molar-refractivity contribution in [2.75, 3.05) is 33.9 Å². The van der Waals surface area contributed by atoms with E-state index in [0.717, 1.165) is 25.9 Å². The van der Waals surface area contributed by atoms with Crippen molar-refractivity contribution in [3.63, 3.8) is 0 Å². The summed E-state index contributed by atoms with van der Waals surface area (Å²) >= 11 is 0. The average Bonchev–Trinajstić information content (AvgIpc) is 3.12. The Balaban J connectivity index is 1.91. The highest BCUT2D eigenvalue weighted by Crippen LogP contribution is 2.25. The highest BCUT2D eigenvalue weighted by atomic mass is 16.5. The zero-order chi connectivity index (χ0) is 16.7. The van der Waals surface area contributed by atoms with Gasteiger partial charge < -0.3 is 19.1 Å². The monoisotopic (exact) mass is 319 g/mol. The van der Waals surface area contributed by atoms with Crippen molar-refractivity contribution in [1.29, 1.82) is 0 Å². The highest BCUT2D eigenvalue weighted by molar-refractivity contribution is 5.89. The van der Waals surface area contributed by atoms with Gasteiger partial charge in [-0.2, -0.15) is 0 Å². The summed E-state index contributed by atoms with van der Waals surface area (Å²) in [5, 5.41) is 0. The first-order valence-corrected chi connectivity index (χ1v) is 7.48. The molecule has 0 spiro atoms. The molecule has 0 saturated carbocycles. The third-order valence-electron chi connectivity index (χ3n) is 3.63. The van der Waals surface area contributed by atoms with E-state index >= 15 is 0 Å². The summed E-state index contributed by atoms with van der Waals surface area (Å²) in [6.45, 7) is 1.26. The molecule has 1 saturated heterocycles. The number of likely N-dealkylation sites (tertiary alicyclic amines) is 1. The topological polar surface area (TPSA) is 65.1 Å². The quantitative estimate of drug-likeness (QED) is 0.592. The summed E-state index contributed by atoms with van der Waals surface area (Å²) in [4.78, 5) is 25.2. The lowest BCUT2D eigenvalue weighted by atomic mass is 10.1. The number of carbonyl (C=O) groups excluding carboxylic acids is 2. The molecule has 1 aromatic rings. The van der Waals surface area contributed by atoms with Crippen LogP contribution in [0.1, 0.15) is 18.4 Å². The van der Waals surface area contributed by atoms with E-state index in [0.29, 0.717) is 17.1 Å². The fourth-order valence-corrected chi connectivity index (χ4v) is 2.37. The number of methoxy groups -OCH3 is 2. The van der Waals surface area contributed by atoms with Crippen LogP contribution in [0, 0.1) is 0 Å². The Kier molecular flexibility index (Phi) is 6.02. The van der Waals surface area contributed by atoms with Gasteiger partial charge in [-0.3, -0.25) is 4.79 Å². The number of ether oxygens (including phenoxy) is 3. The summed E-state index contributed by atoms with van der Waals surface area (Å²) in [6, 6.07) is 5.27. The van der Waals surface area contributed by atoms with Gasteiger partial charge in [0.25, 0.3) is 5.91 Å². The molecule has 0 aliphatic carbocycles. The van der Waals surface area contributed by atoms with Crippen LogP contribution in [-0.2, 0) is 14.3 Å². The van der Waals surface area contributed by atoms with Crippen molar-refractivity contribution in [2.45, 2.75) is 12.8 Å². The van der Waals surface area contributed by atoms with E-state index in [-0.39, 0.29) is 12.5 Å². The number of hydrogen-bond donors (Lipinski definition) is 0. The van der Waals surface area contributed by atoms with Crippen LogP contribution in [0.3, 0.4) is 0 Å². The summed E-state index contributed by atoms with van der Waals surface area (Å²) in [6.07, 6.45) is 4.86. The Morgan fingerprint density at radius 2 is 1.91 bits per heavy atom. The second kappa shape index (κ2) is 8.22. The molecule has 0 bridgehead atoms. The molecule has 0 atom stereocenters. The van der Waals surface area contributed by atoms with E-state index in [4.69, 9.17) is 14.2 Å². The molecule has 0 unspecified atom stereocenters. The molecule has 2 rings (SSSR count). The van der Waals surface area contributed by atoms with Crippen LogP contribution in [0.15, 0.2) is 24.3 Å². The van der Waals surface area contributed by atoms with Crippen molar-refractivity contribution in [2.24, 2.45) is 0 Å². The number of rotatable bonds is 6. The minimum Gasteiger partial charge on any atom is -0.497 e. The van der Waals surface area contributed by atoms with Gasteiger partial charge in [0.2, 0.25) is 0 Å². The van der Waals surface area contributed by atoms with E-state index in [2.05, 4.69) is 0 Å². The summed E-state index contributed by atoms with van der Waals surface area (Å²) in [5.74, 6) is 0.552. The van der Waals surface area contributed by atoms with Gasteiger partial charge in [0.05, 0.1) is 14.2 Å². The minimum absolute atomic E-state index is 0.150. The number of amides is 1. The smallest absolute Gasteiger partial charge is 0.331 e. The molecule has 0 aromatic heterocycles. The van der Waals surface area contributed by atoms with Crippen LogP contribution >= 0.6 is 0 Å². The first-order valence-electron chi connectivity index (χ1n) is 7.48. The predicted molar refractivity (Wildman–Crippen MR) is 85.4 cm³/mol. The number of carbonyl (C=O) groups is 2. The predicted octanol–water partition coefficient (Wildman–Crippen LogP) is 1.88. The van der Waals surface area contributed by atoms with Crippen LogP contribution < -0.4 is 9.47 Å². The Morgan fingerprint density at radius 3 is 2.57 bits per heavy atom. The van der Waals surface area contributed by atoms with Crippen molar-refractivity contribution in [3.05, 3.63) is 29.8 Å². The molecule has 0 N–H and O–H groups in total. The normalized spacial score (nSPS) is 14.1. The fourth-order valence-electron chi connectivity index (χ4n) is 2.37. The van der Waals surface area contributed by atoms with Gasteiger partial charge in [-0.1, -0.05) is 0 Å². The van der Waals surface area contributed by atoms with Gasteiger partial charge in [-0.15, -0.1) is 0 Å². The van der Waals surface area contributed by atoms with Crippen molar-refractivity contribution < 1.29 is 23.8 Å². The van der Waals surface area contributed by atoms with E-state index in [1.54, 1.807) is 43.4 Å². The Bertz CT molecular complexity index is 591. The lowest BCUT2D eigenvalue weighted by molar-refractivity contribution is -0.147. The van der Waals surface area contributed by atoms with Crippen LogP contribution in [0.2, 0.25) is 0 Å². The van der Waals surface area contributed by atoms with Crippen molar-refractivity contribution in [3.8, 4) is 11.5 Å². The van der Waals surface area contributed by atoms with E-state index in [9.17, 15) is 9.59 Å². The average molecular weight is 319 g/mol. The zero-order valence-electron chi connectivity index (χ0n) is 13.4. The minimum atomic E-state index is -0.567. The molecule has 1 fully saturated rings. The van der Waals surface area contributed by atoms with Crippen LogP contribution in [0.5, 0.6) is 11.5 Å². The Morgan fingerprint density at radius 1 is 1.17 bits per heavy atom. The maximum absolute atomic E-state index is 11.8. The molecule has 6 nitrogen and oxygen atoms in total. The van der Waals surface area contributed by atoms with E-state index < -0.39 is 5.97 Å². The molecule has 1 heterocycles. The van der Waals surface area contributed by atoms with Gasteiger partial charge in [-0.25, -0.2) is 4.79 Å². The molecule has 124 valence electrons. The van der Waals surface area contributed by atoms with Gasteiger partial charge >= 0.3 is 5.97 Å². The zero-order valence-corrected chi connectivity index (χ0v) is 13.4. The lowest BCUT2D eigenvalue weighted by Gasteiger charge is -2.14. The van der Waals surface area contributed by atoms with Gasteiger partial charge in [0.15, 0.2) is 6.61 Å². The van der Waals surface area contributed by atoms with Crippen LogP contribution in [0.4, 0.5) is 0 Å². The molecule has 23 heavy (non-hydrogen) atoms. The summed E-state index contributed by atoms with van der Waals surface area (Å²) in [7, 11) is 3.11. The molecule has 6 heteroatoms. The number of hydrogen-bond acceptors (Lipinski definition) is 5. The van der Waals surface area contributed by atoms with E-state index in [1.165, 1.54) is 6.08 Å². The maximum Gasteiger partial charge on any atom is 0.331 e. The number of nitrogens with zero attached hydrogens (tertiary/aromatic N) is 1. The third-order valence-corrected chi connectivity index (χ3v) is 3.63. The Labute approximate surface area is 135 Å². The van der Waals surface area contributed by atoms with Crippen molar-refractivity contribution >= 4 is 18.0 Å². The van der Waals surface area contributed by atoms with Crippen LogP contribution in [-0.4, -0.2) is 50.7 Å². The summed E-state index contributed by atoms with van der Waals surface area (Å²) in [5.41, 5.74) is 0.690. The van der Waals surface area contributed by atoms with Gasteiger partial charge in [0, 0.05) is 24.7 Å². The first kappa shape index (κ1) is 16.9. The van der Waals surface area contributed by atoms with Gasteiger partial charge in [-0.05, 0) is 37.1 Å². The number of esters is 1. The van der Waals surface area contributed by atoms with Crippen LogP contribution in [0.25, 0.3) is 6.08 Å². The number of benzene rings is 1. The SMILES string of the molecule is COc1ccc(OC)c(C=CC(=O)OCC(=O)N2CCCC2)c1. The summed E-state index contributed by atoms with van der Waals surface area (Å²) < 4.78 is 15.3. The maximum atomic E-state index is 11.8. The molecule has 1 aliphatic heterocycles. The molecular formula is C17H21NO5. The molecule has 0 radical (unpaired) electrons. The Hall–Kier alpha value is -2.50. The lowest BCUT2D eigenvalue weighted by Crippen LogP contribution is -2.31. The molecular weight excluding hydrogens is 298 g/mol. The molecule has 1 amide bonds. The fraction of sp³-hybridized carbons (Fsp3) is 0.412. The first-order chi connectivity index (χ1) is 11.1. The second-order valence-electron chi connectivity index (χ2n) is 5.14. The van der Waals surface area contributed by atoms with E-state index in [1.807, 2.05) is 0 Å². The third kappa shape index (κ3) is 4.74. The molecule has 1 aromatic carbocycles. The molecule has 1 aliphatic rings. The standard InChI is InChI=1S/C17H21NO5/c1-21-14-6-7-15(22-2)13(11-14)5-8-17(20)23-12-16(19)18-9-3-4-10-18/h5-8,11H,3-4,9-10,12H2,1-2H3. The largest absolute Gasteiger partial charge is 0.497 e. The highest BCUT2D eigenvalue weighted by Gasteiger charge is 2.18. The van der Waals surface area contributed by atoms with Gasteiger partial charge in [0.1, 0.15) is 11.5 Å². The second-order valence-corrected chi connectivity index (χ2v) is 5.14. The van der Waals surface area contributed by atoms with Crippen molar-refractivity contribution in [1.82, 2.24) is 4.90 Å².